The Morgan fingerprint density at radius 1 is 1.35 bits per heavy atom. The Morgan fingerprint density at radius 3 is 2.65 bits per heavy atom. The second-order valence-corrected chi connectivity index (χ2v) is 5.43. The number of carbonyl (C=O) groups excluding carboxylic acids is 1. The number of halogens is 1. The first kappa shape index (κ1) is 16.9. The first-order chi connectivity index (χ1) is 10.9. The topological polar surface area (TPSA) is 92.5 Å². The van der Waals surface area contributed by atoms with E-state index >= 15 is 0 Å². The first-order valence-corrected chi connectivity index (χ1v) is 7.23. The van der Waals surface area contributed by atoms with Gasteiger partial charge in [0.15, 0.2) is 0 Å². The lowest BCUT2D eigenvalue weighted by Crippen LogP contribution is -2.11. The van der Waals surface area contributed by atoms with Crippen molar-refractivity contribution in [3.63, 3.8) is 0 Å². The van der Waals surface area contributed by atoms with E-state index in [9.17, 15) is 20.0 Å². The van der Waals surface area contributed by atoms with Gasteiger partial charge in [-0.3, -0.25) is 14.9 Å². The quantitative estimate of drug-likeness (QED) is 0.646. The lowest BCUT2D eigenvalue weighted by atomic mass is 9.99. The van der Waals surface area contributed by atoms with Gasteiger partial charge in [-0.1, -0.05) is 35.9 Å². The Bertz CT molecular complexity index is 749. The molecule has 0 aliphatic heterocycles. The third kappa shape index (κ3) is 4.28. The van der Waals surface area contributed by atoms with Crippen molar-refractivity contribution in [1.29, 1.82) is 0 Å². The van der Waals surface area contributed by atoms with E-state index in [4.69, 9.17) is 11.6 Å². The number of rotatable bonds is 5. The minimum atomic E-state index is -0.891. The number of carbonyl (C=O) groups is 1. The third-order valence-corrected chi connectivity index (χ3v) is 3.64. The minimum absolute atomic E-state index is 0.135. The van der Waals surface area contributed by atoms with Crippen LogP contribution in [0.4, 0.5) is 11.4 Å². The van der Waals surface area contributed by atoms with Crippen molar-refractivity contribution in [3.05, 3.63) is 68.7 Å². The molecule has 0 unspecified atom stereocenters. The van der Waals surface area contributed by atoms with Crippen LogP contribution >= 0.6 is 11.6 Å². The molecule has 1 atom stereocenters. The van der Waals surface area contributed by atoms with Crippen LogP contribution < -0.4 is 5.32 Å². The minimum Gasteiger partial charge on any atom is -0.388 e. The summed E-state index contributed by atoms with van der Waals surface area (Å²) in [5.41, 5.74) is 1.31. The number of nitrogens with zero attached hydrogens (tertiary/aromatic N) is 1. The molecule has 0 radical (unpaired) electrons. The third-order valence-electron chi connectivity index (χ3n) is 3.29. The van der Waals surface area contributed by atoms with E-state index in [1.807, 2.05) is 0 Å². The summed E-state index contributed by atoms with van der Waals surface area (Å²) in [5.74, 6) is -0.348. The second kappa shape index (κ2) is 7.21. The van der Waals surface area contributed by atoms with Crippen molar-refractivity contribution in [2.45, 2.75) is 19.4 Å². The van der Waals surface area contributed by atoms with Gasteiger partial charge in [0, 0.05) is 30.5 Å². The van der Waals surface area contributed by atoms with Crippen LogP contribution in [-0.2, 0) is 11.2 Å². The Hall–Kier alpha value is -2.44. The number of nitro groups is 1. The van der Waals surface area contributed by atoms with Crippen LogP contribution in [0.25, 0.3) is 0 Å². The van der Waals surface area contributed by atoms with E-state index in [1.54, 1.807) is 24.3 Å². The molecule has 0 fully saturated rings. The molecular formula is C16H15ClN2O4. The number of benzene rings is 2. The number of hydrogen-bond acceptors (Lipinski definition) is 4. The first-order valence-electron chi connectivity index (χ1n) is 6.86. The van der Waals surface area contributed by atoms with Gasteiger partial charge in [0.1, 0.15) is 0 Å². The average Bonchev–Trinajstić information content (AvgIpc) is 2.48. The fourth-order valence-electron chi connectivity index (χ4n) is 2.23. The molecule has 0 aromatic heterocycles. The maximum Gasteiger partial charge on any atom is 0.271 e. The molecule has 120 valence electrons. The van der Waals surface area contributed by atoms with Crippen molar-refractivity contribution in [1.82, 2.24) is 0 Å². The normalized spacial score (nSPS) is 11.8. The largest absolute Gasteiger partial charge is 0.388 e. The molecule has 2 rings (SSSR count). The number of hydrogen-bond donors (Lipinski definition) is 2. The van der Waals surface area contributed by atoms with Gasteiger partial charge in [-0.05, 0) is 17.2 Å². The summed E-state index contributed by atoms with van der Waals surface area (Å²) in [4.78, 5) is 21.6. The van der Waals surface area contributed by atoms with Gasteiger partial charge in [-0.25, -0.2) is 0 Å². The summed E-state index contributed by atoms with van der Waals surface area (Å²) in [5, 5.41) is 24.2. The maximum atomic E-state index is 11.3. The molecule has 23 heavy (non-hydrogen) atoms. The number of aliphatic hydroxyl groups is 1. The molecule has 0 aliphatic rings. The molecule has 2 N–H and O–H groups in total. The SMILES string of the molecule is CC(=O)Nc1cc([N+](=O)[O-])ccc1C[C@@H](O)c1ccccc1Cl. The summed E-state index contributed by atoms with van der Waals surface area (Å²) in [6, 6.07) is 11.0. The van der Waals surface area contributed by atoms with Crippen molar-refractivity contribution < 1.29 is 14.8 Å². The molecule has 0 heterocycles. The lowest BCUT2D eigenvalue weighted by molar-refractivity contribution is -0.384. The van der Waals surface area contributed by atoms with Gasteiger partial charge in [0.2, 0.25) is 5.91 Å². The highest BCUT2D eigenvalue weighted by Crippen LogP contribution is 2.30. The Morgan fingerprint density at radius 2 is 2.04 bits per heavy atom. The summed E-state index contributed by atoms with van der Waals surface area (Å²) in [7, 11) is 0. The van der Waals surface area contributed by atoms with Crippen LogP contribution in [0.2, 0.25) is 5.02 Å². The average molecular weight is 335 g/mol. The highest BCUT2D eigenvalue weighted by Gasteiger charge is 2.17. The van der Waals surface area contributed by atoms with Gasteiger partial charge in [0.25, 0.3) is 5.69 Å². The number of nitrogens with one attached hydrogen (secondary N) is 1. The molecule has 0 bridgehead atoms. The van der Waals surface area contributed by atoms with Crippen LogP contribution in [0.5, 0.6) is 0 Å². The standard InChI is InChI=1S/C16H15ClN2O4/c1-10(20)18-15-9-12(19(22)23)7-6-11(15)8-16(21)13-4-2-3-5-14(13)17/h2-7,9,16,21H,8H2,1H3,(H,18,20)/t16-/m1/s1. The molecule has 0 saturated heterocycles. The lowest BCUT2D eigenvalue weighted by Gasteiger charge is -2.15. The number of nitro benzene ring substituents is 1. The van der Waals surface area contributed by atoms with Gasteiger partial charge in [-0.15, -0.1) is 0 Å². The summed E-state index contributed by atoms with van der Waals surface area (Å²) in [6.45, 7) is 1.31. The number of non-ortho nitro benzene ring substituents is 1. The van der Waals surface area contributed by atoms with E-state index in [2.05, 4.69) is 5.32 Å². The molecule has 6 nitrogen and oxygen atoms in total. The van der Waals surface area contributed by atoms with E-state index < -0.39 is 11.0 Å². The fourth-order valence-corrected chi connectivity index (χ4v) is 2.49. The smallest absolute Gasteiger partial charge is 0.271 e. The van der Waals surface area contributed by atoms with Gasteiger partial charge in [-0.2, -0.15) is 0 Å². The Kier molecular flexibility index (Phi) is 5.31. The second-order valence-electron chi connectivity index (χ2n) is 5.02. The number of anilines is 1. The van der Waals surface area contributed by atoms with Crippen molar-refractivity contribution in [3.8, 4) is 0 Å². The van der Waals surface area contributed by atoms with Crippen LogP contribution in [-0.4, -0.2) is 15.9 Å². The van der Waals surface area contributed by atoms with Crippen molar-refractivity contribution in [2.75, 3.05) is 5.32 Å². The number of amides is 1. The zero-order chi connectivity index (χ0) is 17.0. The van der Waals surface area contributed by atoms with Crippen LogP contribution in [0.15, 0.2) is 42.5 Å². The van der Waals surface area contributed by atoms with Gasteiger partial charge < -0.3 is 10.4 Å². The molecule has 0 spiro atoms. The summed E-state index contributed by atoms with van der Waals surface area (Å²) >= 11 is 6.06. The zero-order valence-corrected chi connectivity index (χ0v) is 13.1. The predicted octanol–water partition coefficient (Wildman–Crippen LogP) is 3.48. The molecule has 2 aromatic carbocycles. The summed E-state index contributed by atoms with van der Waals surface area (Å²) in [6.07, 6.45) is -0.727. The molecule has 1 amide bonds. The fraction of sp³-hybridized carbons (Fsp3) is 0.188. The van der Waals surface area contributed by atoms with E-state index in [0.717, 1.165) is 0 Å². The molecular weight excluding hydrogens is 320 g/mol. The van der Waals surface area contributed by atoms with Crippen LogP contribution in [0.3, 0.4) is 0 Å². The zero-order valence-electron chi connectivity index (χ0n) is 12.3. The van der Waals surface area contributed by atoms with Gasteiger partial charge >= 0.3 is 0 Å². The van der Waals surface area contributed by atoms with Crippen molar-refractivity contribution >= 4 is 28.9 Å². The van der Waals surface area contributed by atoms with E-state index in [1.165, 1.54) is 25.1 Å². The van der Waals surface area contributed by atoms with E-state index in [0.29, 0.717) is 21.8 Å². The van der Waals surface area contributed by atoms with E-state index in [-0.39, 0.29) is 18.0 Å². The van der Waals surface area contributed by atoms with Crippen molar-refractivity contribution in [2.24, 2.45) is 0 Å². The highest BCUT2D eigenvalue weighted by atomic mass is 35.5. The van der Waals surface area contributed by atoms with Crippen LogP contribution in [0, 0.1) is 10.1 Å². The molecule has 2 aromatic rings. The molecule has 7 heteroatoms. The monoisotopic (exact) mass is 334 g/mol. The van der Waals surface area contributed by atoms with Gasteiger partial charge in [0.05, 0.1) is 16.7 Å². The molecule has 0 aliphatic carbocycles. The Balaban J connectivity index is 2.33. The van der Waals surface area contributed by atoms with Crippen LogP contribution in [0.1, 0.15) is 24.2 Å². The Labute approximate surface area is 137 Å². The maximum absolute atomic E-state index is 11.3. The summed E-state index contributed by atoms with van der Waals surface area (Å²) < 4.78 is 0. The molecule has 0 saturated carbocycles. The predicted molar refractivity (Wildman–Crippen MR) is 87.5 cm³/mol. The highest BCUT2D eigenvalue weighted by molar-refractivity contribution is 6.31. The number of aliphatic hydroxyl groups excluding tert-OH is 1.